The van der Waals surface area contributed by atoms with E-state index in [0.717, 1.165) is 0 Å². The zero-order valence-electron chi connectivity index (χ0n) is 15.7. The van der Waals surface area contributed by atoms with Gasteiger partial charge in [0, 0.05) is 23.8 Å². The van der Waals surface area contributed by atoms with Crippen molar-refractivity contribution in [3.63, 3.8) is 0 Å². The first-order chi connectivity index (χ1) is 14.3. The van der Waals surface area contributed by atoms with Gasteiger partial charge in [-0.2, -0.15) is 0 Å². The predicted molar refractivity (Wildman–Crippen MR) is 113 cm³/mol. The normalized spacial score (nSPS) is 11.6. The average Bonchev–Trinajstić information content (AvgIpc) is 2.75. The molecule has 152 valence electrons. The molecule has 0 saturated heterocycles. The van der Waals surface area contributed by atoms with E-state index in [1.807, 2.05) is 0 Å². The number of aromatic hydroxyl groups is 2. The number of fused-ring (bicyclic) bond motifs is 1. The van der Waals surface area contributed by atoms with E-state index < -0.39 is 10.0 Å². The van der Waals surface area contributed by atoms with E-state index in [-0.39, 0.29) is 28.5 Å². The molecule has 0 spiro atoms. The van der Waals surface area contributed by atoms with Crippen LogP contribution in [0.2, 0.25) is 0 Å². The standard InChI is InChI=1S/C22H18N2O5S/c25-17-8-6-16(7-9-17)24-14-15(21-12-18(26)10-11-20(21)22(24)27)13-23-30(28,29)19-4-2-1-3-5-19/h1-12,14,23,25-26H,13H2. The van der Waals surface area contributed by atoms with Gasteiger partial charge in [-0.15, -0.1) is 0 Å². The Morgan fingerprint density at radius 1 is 0.833 bits per heavy atom. The van der Waals surface area contributed by atoms with Gasteiger partial charge in [0.1, 0.15) is 11.5 Å². The van der Waals surface area contributed by atoms with Crippen molar-refractivity contribution in [1.82, 2.24) is 9.29 Å². The summed E-state index contributed by atoms with van der Waals surface area (Å²) in [5.74, 6) is 0.0322. The number of rotatable bonds is 5. The van der Waals surface area contributed by atoms with Crippen molar-refractivity contribution in [3.05, 3.63) is 94.9 Å². The summed E-state index contributed by atoms with van der Waals surface area (Å²) in [6, 6.07) is 18.4. The molecule has 3 aromatic carbocycles. The predicted octanol–water partition coefficient (Wildman–Crippen LogP) is 2.88. The van der Waals surface area contributed by atoms with Crippen molar-refractivity contribution in [2.75, 3.05) is 0 Å². The van der Waals surface area contributed by atoms with Crippen molar-refractivity contribution >= 4 is 20.8 Å². The Morgan fingerprint density at radius 3 is 2.20 bits per heavy atom. The van der Waals surface area contributed by atoms with Crippen LogP contribution in [0.5, 0.6) is 11.5 Å². The minimum Gasteiger partial charge on any atom is -0.508 e. The van der Waals surface area contributed by atoms with Crippen LogP contribution in [0.15, 0.2) is 88.7 Å². The topological polar surface area (TPSA) is 109 Å². The summed E-state index contributed by atoms with van der Waals surface area (Å²) in [6.07, 6.45) is 1.53. The Kier molecular flexibility index (Phi) is 5.03. The zero-order chi connectivity index (χ0) is 21.3. The molecule has 0 aliphatic heterocycles. The van der Waals surface area contributed by atoms with Crippen LogP contribution in [0.1, 0.15) is 5.56 Å². The molecule has 0 atom stereocenters. The number of phenols is 2. The highest BCUT2D eigenvalue weighted by molar-refractivity contribution is 7.89. The molecule has 3 N–H and O–H groups in total. The second kappa shape index (κ2) is 7.66. The molecule has 1 aromatic heterocycles. The summed E-state index contributed by atoms with van der Waals surface area (Å²) in [7, 11) is -3.76. The molecule has 0 radical (unpaired) electrons. The summed E-state index contributed by atoms with van der Waals surface area (Å²) in [6.45, 7) is -0.0878. The molecule has 0 fully saturated rings. The monoisotopic (exact) mass is 422 g/mol. The lowest BCUT2D eigenvalue weighted by Gasteiger charge is -2.14. The minimum atomic E-state index is -3.76. The molecule has 30 heavy (non-hydrogen) atoms. The fourth-order valence-corrected chi connectivity index (χ4v) is 4.23. The number of nitrogens with zero attached hydrogens (tertiary/aromatic N) is 1. The molecule has 1 heterocycles. The van der Waals surface area contributed by atoms with Gasteiger partial charge in [-0.25, -0.2) is 13.1 Å². The number of pyridine rings is 1. The first-order valence-electron chi connectivity index (χ1n) is 9.06. The maximum absolute atomic E-state index is 13.0. The number of phenolic OH excluding ortho intramolecular Hbond substituents is 2. The van der Waals surface area contributed by atoms with Crippen LogP contribution < -0.4 is 10.3 Å². The van der Waals surface area contributed by atoms with E-state index >= 15 is 0 Å². The van der Waals surface area contributed by atoms with Gasteiger partial charge in [0.25, 0.3) is 5.56 Å². The van der Waals surface area contributed by atoms with Gasteiger partial charge in [-0.1, -0.05) is 18.2 Å². The number of hydrogen-bond acceptors (Lipinski definition) is 5. The number of hydrogen-bond donors (Lipinski definition) is 3. The summed E-state index contributed by atoms with van der Waals surface area (Å²) >= 11 is 0. The SMILES string of the molecule is O=c1c2ccc(O)cc2c(CNS(=O)(=O)c2ccccc2)cn1-c1ccc(O)cc1. The molecule has 8 heteroatoms. The second-order valence-electron chi connectivity index (χ2n) is 6.71. The van der Waals surface area contributed by atoms with E-state index in [2.05, 4.69) is 4.72 Å². The lowest BCUT2D eigenvalue weighted by atomic mass is 10.1. The van der Waals surface area contributed by atoms with Crippen LogP contribution >= 0.6 is 0 Å². The third-order valence-electron chi connectivity index (χ3n) is 4.72. The number of benzene rings is 3. The fourth-order valence-electron chi connectivity index (χ4n) is 3.20. The molecule has 0 unspecified atom stereocenters. The van der Waals surface area contributed by atoms with Crippen molar-refractivity contribution in [2.45, 2.75) is 11.4 Å². The van der Waals surface area contributed by atoms with Crippen LogP contribution in [-0.4, -0.2) is 23.2 Å². The van der Waals surface area contributed by atoms with Gasteiger partial charge in [0.05, 0.1) is 4.90 Å². The van der Waals surface area contributed by atoms with Gasteiger partial charge >= 0.3 is 0 Å². The van der Waals surface area contributed by atoms with E-state index in [1.165, 1.54) is 53.2 Å². The van der Waals surface area contributed by atoms with E-state index in [0.29, 0.717) is 22.0 Å². The number of nitrogens with one attached hydrogen (secondary N) is 1. The van der Waals surface area contributed by atoms with Gasteiger partial charge in [0.15, 0.2) is 0 Å². The average molecular weight is 422 g/mol. The van der Waals surface area contributed by atoms with Crippen LogP contribution in [0.25, 0.3) is 16.5 Å². The summed E-state index contributed by atoms with van der Waals surface area (Å²) in [4.78, 5) is 13.1. The molecule has 0 aliphatic rings. The first kappa shape index (κ1) is 19.7. The lowest BCUT2D eigenvalue weighted by Crippen LogP contribution is -2.25. The van der Waals surface area contributed by atoms with Crippen molar-refractivity contribution in [2.24, 2.45) is 0 Å². The van der Waals surface area contributed by atoms with Gasteiger partial charge in [-0.3, -0.25) is 9.36 Å². The van der Waals surface area contributed by atoms with Gasteiger partial charge in [-0.05, 0) is 65.5 Å². The summed E-state index contributed by atoms with van der Waals surface area (Å²) < 4.78 is 29.1. The molecule has 0 saturated carbocycles. The minimum absolute atomic E-state index is 0.0311. The largest absolute Gasteiger partial charge is 0.508 e. The smallest absolute Gasteiger partial charge is 0.262 e. The Labute approximate surface area is 172 Å². The maximum Gasteiger partial charge on any atom is 0.262 e. The van der Waals surface area contributed by atoms with Crippen LogP contribution in [-0.2, 0) is 16.6 Å². The maximum atomic E-state index is 13.0. The Bertz CT molecular complexity index is 1380. The van der Waals surface area contributed by atoms with E-state index in [1.54, 1.807) is 30.3 Å². The Balaban J connectivity index is 1.82. The summed E-state index contributed by atoms with van der Waals surface area (Å²) in [5.41, 5.74) is 0.693. The molecular weight excluding hydrogens is 404 g/mol. The molecule has 7 nitrogen and oxygen atoms in total. The highest BCUT2D eigenvalue weighted by Crippen LogP contribution is 2.23. The third-order valence-corrected chi connectivity index (χ3v) is 6.13. The van der Waals surface area contributed by atoms with Crippen molar-refractivity contribution in [1.29, 1.82) is 0 Å². The summed E-state index contributed by atoms with van der Waals surface area (Å²) in [5, 5.41) is 20.2. The highest BCUT2D eigenvalue weighted by atomic mass is 32.2. The van der Waals surface area contributed by atoms with Crippen molar-refractivity contribution in [3.8, 4) is 17.2 Å². The highest BCUT2D eigenvalue weighted by Gasteiger charge is 2.16. The fraction of sp³-hybridized carbons (Fsp3) is 0.0455. The van der Waals surface area contributed by atoms with Gasteiger partial charge in [0.2, 0.25) is 10.0 Å². The first-order valence-corrected chi connectivity index (χ1v) is 10.5. The molecular formula is C22H18N2O5S. The molecule has 4 rings (SSSR count). The Morgan fingerprint density at radius 2 is 1.50 bits per heavy atom. The molecule has 0 bridgehead atoms. The van der Waals surface area contributed by atoms with Crippen molar-refractivity contribution < 1.29 is 18.6 Å². The number of sulfonamides is 1. The van der Waals surface area contributed by atoms with Crippen LogP contribution in [0.4, 0.5) is 0 Å². The van der Waals surface area contributed by atoms with E-state index in [4.69, 9.17) is 0 Å². The number of aromatic nitrogens is 1. The lowest BCUT2D eigenvalue weighted by molar-refractivity contribution is 0.475. The quantitative estimate of drug-likeness (QED) is 0.458. The molecule has 4 aromatic rings. The molecule has 0 amide bonds. The third kappa shape index (κ3) is 3.78. The van der Waals surface area contributed by atoms with Gasteiger partial charge < -0.3 is 10.2 Å². The Hall–Kier alpha value is -3.62. The van der Waals surface area contributed by atoms with Crippen LogP contribution in [0, 0.1) is 0 Å². The molecule has 0 aliphatic carbocycles. The zero-order valence-corrected chi connectivity index (χ0v) is 16.5. The van der Waals surface area contributed by atoms with E-state index in [9.17, 15) is 23.4 Å². The van der Waals surface area contributed by atoms with Crippen LogP contribution in [0.3, 0.4) is 0 Å². The second-order valence-corrected chi connectivity index (χ2v) is 8.48.